The fourth-order valence-corrected chi connectivity index (χ4v) is 3.82. The van der Waals surface area contributed by atoms with Gasteiger partial charge in [-0.05, 0) is 31.1 Å². The van der Waals surface area contributed by atoms with E-state index in [0.717, 1.165) is 21.6 Å². The van der Waals surface area contributed by atoms with Crippen LogP contribution in [0.5, 0.6) is 0 Å². The maximum atomic E-state index is 5.31. The van der Waals surface area contributed by atoms with Crippen LogP contribution < -0.4 is 0 Å². The van der Waals surface area contributed by atoms with E-state index in [0.29, 0.717) is 5.92 Å². The summed E-state index contributed by atoms with van der Waals surface area (Å²) in [6.45, 7) is 0. The maximum absolute atomic E-state index is 5.31. The van der Waals surface area contributed by atoms with Crippen LogP contribution in [0.2, 0.25) is 0 Å². The van der Waals surface area contributed by atoms with Crippen molar-refractivity contribution < 1.29 is 4.52 Å². The van der Waals surface area contributed by atoms with E-state index in [9.17, 15) is 0 Å². The molecule has 4 heteroatoms. The number of aromatic nitrogens is 2. The van der Waals surface area contributed by atoms with Gasteiger partial charge >= 0.3 is 0 Å². The molecule has 2 fully saturated rings. The molecule has 1 aromatic heterocycles. The number of hydrogen-bond acceptors (Lipinski definition) is 3. The Balaban J connectivity index is 1.70. The van der Waals surface area contributed by atoms with Gasteiger partial charge in [-0.1, -0.05) is 30.8 Å². The number of rotatable bonds is 1. The van der Waals surface area contributed by atoms with Gasteiger partial charge in [0.05, 0.1) is 0 Å². The van der Waals surface area contributed by atoms with Crippen LogP contribution >= 0.6 is 22.6 Å². The molecule has 0 bridgehead atoms. The van der Waals surface area contributed by atoms with Gasteiger partial charge in [0.1, 0.15) is 0 Å². The lowest BCUT2D eigenvalue weighted by Crippen LogP contribution is -2.26. The summed E-state index contributed by atoms with van der Waals surface area (Å²) in [4.78, 5) is 4.38. The van der Waals surface area contributed by atoms with Gasteiger partial charge in [0.15, 0.2) is 0 Å². The van der Waals surface area contributed by atoms with Crippen LogP contribution in [0.3, 0.4) is 0 Å². The van der Waals surface area contributed by atoms with Crippen LogP contribution in [0.4, 0.5) is 0 Å². The van der Waals surface area contributed by atoms with Gasteiger partial charge in [-0.25, -0.2) is 0 Å². The predicted octanol–water partition coefficient (Wildman–Crippen LogP) is 3.75. The largest absolute Gasteiger partial charge is 0.338 e. The van der Waals surface area contributed by atoms with Gasteiger partial charge in [-0.2, -0.15) is 4.98 Å². The zero-order valence-electron chi connectivity index (χ0n) is 9.36. The highest BCUT2D eigenvalue weighted by molar-refractivity contribution is 14.1. The molecule has 3 nitrogen and oxygen atoms in total. The zero-order valence-corrected chi connectivity index (χ0v) is 11.5. The molecule has 1 heterocycles. The maximum Gasteiger partial charge on any atom is 0.232 e. The minimum atomic E-state index is 0.537. The Labute approximate surface area is 110 Å². The van der Waals surface area contributed by atoms with E-state index in [1.807, 2.05) is 0 Å². The van der Waals surface area contributed by atoms with E-state index in [1.165, 1.54) is 44.9 Å². The third kappa shape index (κ3) is 2.13. The third-order valence-electron chi connectivity index (χ3n) is 4.31. The fourth-order valence-electron chi connectivity index (χ4n) is 3.48. The number of fused-ring (bicyclic) bond motifs is 1. The summed E-state index contributed by atoms with van der Waals surface area (Å²) in [6.07, 6.45) is 9.65. The predicted molar refractivity (Wildman–Crippen MR) is 69.1 cm³/mol. The average Bonchev–Trinajstić information content (AvgIpc) is 2.75. The van der Waals surface area contributed by atoms with Crippen molar-refractivity contribution in [2.45, 2.75) is 50.9 Å². The van der Waals surface area contributed by atoms with Crippen LogP contribution in [0.1, 0.15) is 56.8 Å². The van der Waals surface area contributed by atoms with Crippen molar-refractivity contribution in [2.24, 2.45) is 11.8 Å². The normalized spacial score (nSPS) is 34.7. The van der Waals surface area contributed by atoms with Gasteiger partial charge in [0, 0.05) is 28.5 Å². The molecule has 2 saturated carbocycles. The van der Waals surface area contributed by atoms with Crippen molar-refractivity contribution in [1.29, 1.82) is 0 Å². The van der Waals surface area contributed by atoms with Crippen molar-refractivity contribution in [3.63, 3.8) is 0 Å². The van der Waals surface area contributed by atoms with E-state index < -0.39 is 0 Å². The molecule has 3 unspecified atom stereocenters. The number of hydrogen-bond donors (Lipinski definition) is 0. The van der Waals surface area contributed by atoms with Gasteiger partial charge in [-0.15, -0.1) is 0 Å². The third-order valence-corrected chi connectivity index (χ3v) is 4.74. The molecular formula is C12H17IN2O. The van der Waals surface area contributed by atoms with E-state index >= 15 is 0 Å². The molecule has 88 valence electrons. The summed E-state index contributed by atoms with van der Waals surface area (Å²) in [5, 5.41) is 3.90. The van der Waals surface area contributed by atoms with E-state index in [1.54, 1.807) is 0 Å². The Morgan fingerprint density at radius 1 is 1.06 bits per heavy atom. The van der Waals surface area contributed by atoms with E-state index in [4.69, 9.17) is 4.52 Å². The van der Waals surface area contributed by atoms with E-state index in [-0.39, 0.29) is 0 Å². The first-order valence-electron chi connectivity index (χ1n) is 6.32. The van der Waals surface area contributed by atoms with E-state index in [2.05, 4.69) is 32.7 Å². The fraction of sp³-hybridized carbons (Fsp3) is 0.833. The number of halogens is 1. The number of nitrogens with zero attached hydrogens (tertiary/aromatic N) is 2. The van der Waals surface area contributed by atoms with Crippen LogP contribution in [0.15, 0.2) is 4.52 Å². The van der Waals surface area contributed by atoms with Gasteiger partial charge in [-0.3, -0.25) is 0 Å². The quantitative estimate of drug-likeness (QED) is 0.735. The molecule has 2 aliphatic rings. The second-order valence-electron chi connectivity index (χ2n) is 5.22. The molecule has 0 spiro atoms. The molecule has 0 saturated heterocycles. The van der Waals surface area contributed by atoms with Crippen molar-refractivity contribution >= 4 is 22.6 Å². The summed E-state index contributed by atoms with van der Waals surface area (Å²) in [5.41, 5.74) is 0. The monoisotopic (exact) mass is 332 g/mol. The second-order valence-corrected chi connectivity index (χ2v) is 6.18. The van der Waals surface area contributed by atoms with Crippen LogP contribution in [-0.2, 0) is 0 Å². The first-order valence-corrected chi connectivity index (χ1v) is 7.40. The highest BCUT2D eigenvalue weighted by atomic mass is 127. The lowest BCUT2D eigenvalue weighted by atomic mass is 9.67. The van der Waals surface area contributed by atoms with Gasteiger partial charge in [0.25, 0.3) is 0 Å². The molecule has 16 heavy (non-hydrogen) atoms. The Morgan fingerprint density at radius 2 is 1.88 bits per heavy atom. The summed E-state index contributed by atoms with van der Waals surface area (Å²) in [5.74, 6) is 3.34. The molecule has 2 aliphatic carbocycles. The lowest BCUT2D eigenvalue weighted by molar-refractivity contribution is 0.142. The molecular weight excluding hydrogens is 315 g/mol. The Hall–Kier alpha value is -0.130. The first-order chi connectivity index (χ1) is 7.83. The summed E-state index contributed by atoms with van der Waals surface area (Å²) < 4.78 is 6.06. The molecule has 3 atom stereocenters. The van der Waals surface area contributed by atoms with Gasteiger partial charge < -0.3 is 4.52 Å². The minimum Gasteiger partial charge on any atom is -0.338 e. The van der Waals surface area contributed by atoms with Crippen molar-refractivity contribution in [1.82, 2.24) is 10.1 Å². The van der Waals surface area contributed by atoms with Crippen molar-refractivity contribution in [3.05, 3.63) is 9.72 Å². The van der Waals surface area contributed by atoms with Crippen LogP contribution in [-0.4, -0.2) is 10.1 Å². The Bertz CT molecular complexity index is 366. The summed E-state index contributed by atoms with van der Waals surface area (Å²) in [7, 11) is 0. The Morgan fingerprint density at radius 3 is 2.62 bits per heavy atom. The zero-order chi connectivity index (χ0) is 11.0. The SMILES string of the molecule is Ic1noc(C2CCC3CCCCC3C2)n1. The summed E-state index contributed by atoms with van der Waals surface area (Å²) >= 11 is 2.12. The standard InChI is InChI=1S/C12H17IN2O/c13-12-14-11(16-15-12)10-6-5-8-3-1-2-4-9(8)7-10/h8-10H,1-7H2. The van der Waals surface area contributed by atoms with Crippen LogP contribution in [0.25, 0.3) is 0 Å². The summed E-state index contributed by atoms with van der Waals surface area (Å²) in [6, 6.07) is 0. The van der Waals surface area contributed by atoms with Crippen molar-refractivity contribution in [3.8, 4) is 0 Å². The van der Waals surface area contributed by atoms with Gasteiger partial charge in [0.2, 0.25) is 9.72 Å². The highest BCUT2D eigenvalue weighted by Crippen LogP contribution is 2.45. The smallest absolute Gasteiger partial charge is 0.232 e. The molecule has 0 aliphatic heterocycles. The molecule has 0 amide bonds. The molecule has 0 aromatic carbocycles. The Kier molecular flexibility index (Phi) is 3.18. The molecule has 0 N–H and O–H groups in total. The van der Waals surface area contributed by atoms with Crippen LogP contribution in [0, 0.1) is 15.7 Å². The average molecular weight is 332 g/mol. The lowest BCUT2D eigenvalue weighted by Gasteiger charge is -2.38. The topological polar surface area (TPSA) is 38.9 Å². The molecule has 3 rings (SSSR count). The second kappa shape index (κ2) is 4.63. The van der Waals surface area contributed by atoms with Crippen molar-refractivity contribution in [2.75, 3.05) is 0 Å². The minimum absolute atomic E-state index is 0.537. The highest BCUT2D eigenvalue weighted by Gasteiger charge is 2.34. The first kappa shape index (κ1) is 11.0. The molecule has 1 aromatic rings. The molecule has 0 radical (unpaired) electrons.